The Morgan fingerprint density at radius 2 is 1.89 bits per heavy atom. The summed E-state index contributed by atoms with van der Waals surface area (Å²) in [6, 6.07) is 15.7. The quantitative estimate of drug-likeness (QED) is 0.770. The molecular formula is C16H14NO2. The first-order chi connectivity index (χ1) is 9.38. The lowest BCUT2D eigenvalue weighted by Crippen LogP contribution is -1.98. The first kappa shape index (κ1) is 11.7. The highest BCUT2D eigenvalue weighted by molar-refractivity contribution is 5.84. The van der Waals surface area contributed by atoms with Crippen LogP contribution in [0.4, 0.5) is 0 Å². The Bertz CT molecular complexity index is 688. The van der Waals surface area contributed by atoms with Crippen LogP contribution in [-0.4, -0.2) is 12.1 Å². The van der Waals surface area contributed by atoms with E-state index in [1.807, 2.05) is 48.5 Å². The van der Waals surface area contributed by atoms with Crippen molar-refractivity contribution in [2.75, 3.05) is 7.11 Å². The van der Waals surface area contributed by atoms with Gasteiger partial charge in [-0.25, -0.2) is 0 Å². The van der Waals surface area contributed by atoms with Crippen molar-refractivity contribution in [2.45, 2.75) is 6.61 Å². The fourth-order valence-corrected chi connectivity index (χ4v) is 2.09. The molecule has 0 aliphatic carbocycles. The lowest BCUT2D eigenvalue weighted by molar-refractivity contribution is 0.299. The van der Waals surface area contributed by atoms with Gasteiger partial charge >= 0.3 is 0 Å². The molecule has 1 heterocycles. The second-order valence-corrected chi connectivity index (χ2v) is 4.23. The summed E-state index contributed by atoms with van der Waals surface area (Å²) < 4.78 is 11.2. The van der Waals surface area contributed by atoms with Gasteiger partial charge in [0, 0.05) is 10.9 Å². The van der Waals surface area contributed by atoms with Crippen molar-refractivity contribution >= 4 is 10.9 Å². The molecule has 0 saturated heterocycles. The molecule has 0 aliphatic rings. The largest absolute Gasteiger partial charge is 0.496 e. The van der Waals surface area contributed by atoms with E-state index in [1.54, 1.807) is 7.11 Å². The highest BCUT2D eigenvalue weighted by atomic mass is 16.5. The summed E-state index contributed by atoms with van der Waals surface area (Å²) in [5.74, 6) is 1.66. The molecule has 3 rings (SSSR count). The molecule has 1 radical (unpaired) electrons. The molecule has 0 fully saturated rings. The fourth-order valence-electron chi connectivity index (χ4n) is 2.09. The Morgan fingerprint density at radius 1 is 1.05 bits per heavy atom. The molecule has 3 heteroatoms. The molecule has 19 heavy (non-hydrogen) atoms. The number of nitrogens with one attached hydrogen (secondary N) is 1. The summed E-state index contributed by atoms with van der Waals surface area (Å²) in [4.78, 5) is 3.07. The van der Waals surface area contributed by atoms with Gasteiger partial charge in [-0.2, -0.15) is 0 Å². The van der Waals surface area contributed by atoms with Crippen LogP contribution < -0.4 is 9.47 Å². The molecule has 3 nitrogen and oxygen atoms in total. The number of rotatable bonds is 4. The van der Waals surface area contributed by atoms with Gasteiger partial charge in [-0.1, -0.05) is 30.3 Å². The minimum atomic E-state index is 0.474. The highest BCUT2D eigenvalue weighted by Gasteiger charge is 2.06. The SMILES string of the molecule is COc1ccccc1COc1cccc2c[c][nH]c12. The van der Waals surface area contributed by atoms with E-state index < -0.39 is 0 Å². The van der Waals surface area contributed by atoms with Gasteiger partial charge in [0.25, 0.3) is 0 Å². The van der Waals surface area contributed by atoms with Crippen LogP contribution in [-0.2, 0) is 6.61 Å². The summed E-state index contributed by atoms with van der Waals surface area (Å²) in [5, 5.41) is 1.09. The number of hydrogen-bond acceptors (Lipinski definition) is 2. The number of ether oxygens (including phenoxy) is 2. The normalized spacial score (nSPS) is 10.6. The molecule has 0 spiro atoms. The summed E-state index contributed by atoms with van der Waals surface area (Å²) in [6.07, 6.45) is 2.97. The number of methoxy groups -OCH3 is 1. The molecular weight excluding hydrogens is 238 g/mol. The smallest absolute Gasteiger partial charge is 0.143 e. The number of aromatic nitrogens is 1. The molecule has 0 unspecified atom stereocenters. The van der Waals surface area contributed by atoms with E-state index in [0.717, 1.165) is 28.0 Å². The third-order valence-electron chi connectivity index (χ3n) is 3.06. The second-order valence-electron chi connectivity index (χ2n) is 4.23. The Balaban J connectivity index is 1.84. The standard InChI is InChI=1S/C16H14NO2/c1-18-14-7-3-2-5-13(14)11-19-15-8-4-6-12-9-10-17-16(12)15/h2-9,17H,11H2,1H3. The van der Waals surface area contributed by atoms with Gasteiger partial charge in [0.15, 0.2) is 0 Å². The lowest BCUT2D eigenvalue weighted by atomic mass is 10.2. The van der Waals surface area contributed by atoms with Crippen molar-refractivity contribution in [1.29, 1.82) is 0 Å². The minimum Gasteiger partial charge on any atom is -0.496 e. The van der Waals surface area contributed by atoms with Crippen molar-refractivity contribution < 1.29 is 9.47 Å². The minimum absolute atomic E-state index is 0.474. The molecule has 0 aliphatic heterocycles. The summed E-state index contributed by atoms with van der Waals surface area (Å²) in [5.41, 5.74) is 2.00. The monoisotopic (exact) mass is 252 g/mol. The maximum absolute atomic E-state index is 5.87. The molecule has 3 aromatic rings. The molecule has 0 amide bonds. The predicted octanol–water partition coefficient (Wildman–Crippen LogP) is 3.56. The number of aromatic amines is 1. The maximum atomic E-state index is 5.87. The third-order valence-corrected chi connectivity index (χ3v) is 3.06. The number of para-hydroxylation sites is 2. The fraction of sp³-hybridized carbons (Fsp3) is 0.125. The van der Waals surface area contributed by atoms with Crippen LogP contribution in [0.15, 0.2) is 48.5 Å². The molecule has 2 aromatic carbocycles. The molecule has 1 N–H and O–H groups in total. The average molecular weight is 252 g/mol. The lowest BCUT2D eigenvalue weighted by Gasteiger charge is -2.10. The molecule has 95 valence electrons. The summed E-state index contributed by atoms with van der Waals surface area (Å²) in [7, 11) is 1.67. The van der Waals surface area contributed by atoms with Crippen LogP contribution in [0, 0.1) is 6.20 Å². The Labute approximate surface area is 111 Å². The summed E-state index contributed by atoms with van der Waals surface area (Å²) >= 11 is 0. The van der Waals surface area contributed by atoms with Crippen LogP contribution >= 0.6 is 0 Å². The summed E-state index contributed by atoms with van der Waals surface area (Å²) in [6.45, 7) is 0.474. The highest BCUT2D eigenvalue weighted by Crippen LogP contribution is 2.26. The number of H-pyrrole nitrogens is 1. The Kier molecular flexibility index (Phi) is 3.11. The van der Waals surface area contributed by atoms with E-state index in [9.17, 15) is 0 Å². The molecule has 0 bridgehead atoms. The van der Waals surface area contributed by atoms with E-state index >= 15 is 0 Å². The van der Waals surface area contributed by atoms with Crippen LogP contribution in [0.3, 0.4) is 0 Å². The zero-order valence-corrected chi connectivity index (χ0v) is 10.6. The van der Waals surface area contributed by atoms with Gasteiger partial charge in [-0.15, -0.1) is 0 Å². The maximum Gasteiger partial charge on any atom is 0.143 e. The van der Waals surface area contributed by atoms with Crippen LogP contribution in [0.25, 0.3) is 10.9 Å². The van der Waals surface area contributed by atoms with E-state index in [-0.39, 0.29) is 0 Å². The molecule has 0 saturated carbocycles. The van der Waals surface area contributed by atoms with E-state index in [1.165, 1.54) is 0 Å². The zero-order valence-electron chi connectivity index (χ0n) is 10.6. The Morgan fingerprint density at radius 3 is 2.79 bits per heavy atom. The number of benzene rings is 2. The second kappa shape index (κ2) is 5.06. The van der Waals surface area contributed by atoms with Crippen molar-refractivity contribution in [1.82, 2.24) is 4.98 Å². The van der Waals surface area contributed by atoms with Gasteiger partial charge in [0.05, 0.1) is 18.8 Å². The molecule has 1 aromatic heterocycles. The van der Waals surface area contributed by atoms with Gasteiger partial charge in [-0.05, 0) is 18.2 Å². The van der Waals surface area contributed by atoms with Crippen molar-refractivity contribution in [2.24, 2.45) is 0 Å². The van der Waals surface area contributed by atoms with Gasteiger partial charge in [-0.3, -0.25) is 0 Å². The Hall–Kier alpha value is -2.42. The van der Waals surface area contributed by atoms with Crippen molar-refractivity contribution in [3.63, 3.8) is 0 Å². The number of fused-ring (bicyclic) bond motifs is 1. The van der Waals surface area contributed by atoms with Gasteiger partial charge < -0.3 is 14.5 Å². The van der Waals surface area contributed by atoms with Gasteiger partial charge in [0.2, 0.25) is 0 Å². The van der Waals surface area contributed by atoms with E-state index in [0.29, 0.717) is 6.61 Å². The van der Waals surface area contributed by atoms with E-state index in [2.05, 4.69) is 11.2 Å². The number of hydrogen-bond donors (Lipinski definition) is 1. The topological polar surface area (TPSA) is 34.2 Å². The molecule has 0 atom stereocenters. The first-order valence-corrected chi connectivity index (χ1v) is 6.11. The average Bonchev–Trinajstić information content (AvgIpc) is 2.94. The zero-order chi connectivity index (χ0) is 13.1. The van der Waals surface area contributed by atoms with Crippen LogP contribution in [0.5, 0.6) is 11.5 Å². The van der Waals surface area contributed by atoms with Crippen LogP contribution in [0.1, 0.15) is 5.56 Å². The first-order valence-electron chi connectivity index (χ1n) is 6.11. The predicted molar refractivity (Wildman–Crippen MR) is 74.5 cm³/mol. The third kappa shape index (κ3) is 2.27. The van der Waals surface area contributed by atoms with Crippen molar-refractivity contribution in [3.05, 3.63) is 60.3 Å². The van der Waals surface area contributed by atoms with Gasteiger partial charge in [0.1, 0.15) is 18.1 Å². The van der Waals surface area contributed by atoms with Crippen molar-refractivity contribution in [3.8, 4) is 11.5 Å². The van der Waals surface area contributed by atoms with Crippen LogP contribution in [0.2, 0.25) is 0 Å². The van der Waals surface area contributed by atoms with E-state index in [4.69, 9.17) is 9.47 Å².